The van der Waals surface area contributed by atoms with Gasteiger partial charge in [-0.05, 0) is 11.4 Å². The standard InChI is InChI=1S/C15H15N3O3S2/c1-21-14(20)8-11(12-3-2-5-22-12)17-13(19)7-10-9-18-4-6-23-15(18)16-10/h2-6,9,11H,7-8H2,1H3,(H,17,19). The van der Waals surface area contributed by atoms with Gasteiger partial charge in [-0.1, -0.05) is 6.07 Å². The normalized spacial score (nSPS) is 12.2. The molecular weight excluding hydrogens is 334 g/mol. The molecule has 120 valence electrons. The van der Waals surface area contributed by atoms with Gasteiger partial charge in [0, 0.05) is 22.7 Å². The first-order valence-corrected chi connectivity index (χ1v) is 8.72. The molecule has 0 aliphatic rings. The molecule has 0 aliphatic heterocycles. The molecule has 6 nitrogen and oxygen atoms in total. The number of hydrogen-bond acceptors (Lipinski definition) is 6. The topological polar surface area (TPSA) is 72.7 Å². The quantitative estimate of drug-likeness (QED) is 0.694. The van der Waals surface area contributed by atoms with Crippen molar-refractivity contribution >= 4 is 39.5 Å². The summed E-state index contributed by atoms with van der Waals surface area (Å²) in [5, 5.41) is 6.75. The Morgan fingerprint density at radius 3 is 2.96 bits per heavy atom. The minimum absolute atomic E-state index is 0.112. The molecule has 23 heavy (non-hydrogen) atoms. The van der Waals surface area contributed by atoms with Crippen LogP contribution in [0.15, 0.2) is 35.3 Å². The van der Waals surface area contributed by atoms with Crippen LogP contribution in [0.2, 0.25) is 0 Å². The van der Waals surface area contributed by atoms with Crippen molar-refractivity contribution in [3.63, 3.8) is 0 Å². The number of nitrogens with zero attached hydrogens (tertiary/aromatic N) is 2. The van der Waals surface area contributed by atoms with Gasteiger partial charge in [0.05, 0.1) is 31.7 Å². The number of fused-ring (bicyclic) bond motifs is 1. The zero-order chi connectivity index (χ0) is 16.2. The number of esters is 1. The number of hydrogen-bond donors (Lipinski definition) is 1. The lowest BCUT2D eigenvalue weighted by Gasteiger charge is -2.16. The highest BCUT2D eigenvalue weighted by Crippen LogP contribution is 2.22. The van der Waals surface area contributed by atoms with Gasteiger partial charge < -0.3 is 10.1 Å². The van der Waals surface area contributed by atoms with E-state index in [1.807, 2.05) is 39.7 Å². The van der Waals surface area contributed by atoms with Gasteiger partial charge in [0.2, 0.25) is 5.91 Å². The molecule has 1 unspecified atom stereocenters. The number of rotatable bonds is 6. The molecule has 0 saturated heterocycles. The first-order chi connectivity index (χ1) is 11.2. The molecule has 0 radical (unpaired) electrons. The average Bonchev–Trinajstić information content (AvgIpc) is 3.22. The van der Waals surface area contributed by atoms with E-state index in [0.29, 0.717) is 5.69 Å². The Hall–Kier alpha value is -2.19. The van der Waals surface area contributed by atoms with Crippen molar-refractivity contribution in [2.45, 2.75) is 18.9 Å². The number of thiazole rings is 1. The highest BCUT2D eigenvalue weighted by Gasteiger charge is 2.20. The molecule has 0 aliphatic carbocycles. The van der Waals surface area contributed by atoms with Crippen LogP contribution < -0.4 is 5.32 Å². The summed E-state index contributed by atoms with van der Waals surface area (Å²) in [4.78, 5) is 30.0. The zero-order valence-corrected chi connectivity index (χ0v) is 14.0. The second kappa shape index (κ2) is 6.93. The monoisotopic (exact) mass is 349 g/mol. The maximum Gasteiger partial charge on any atom is 0.307 e. The van der Waals surface area contributed by atoms with E-state index in [1.54, 1.807) is 0 Å². The van der Waals surface area contributed by atoms with Crippen molar-refractivity contribution < 1.29 is 14.3 Å². The van der Waals surface area contributed by atoms with E-state index in [-0.39, 0.29) is 30.8 Å². The van der Waals surface area contributed by atoms with Gasteiger partial charge in [0.15, 0.2) is 4.96 Å². The third-order valence-corrected chi connectivity index (χ3v) is 5.06. The molecule has 3 heterocycles. The van der Waals surface area contributed by atoms with Crippen LogP contribution in [0.4, 0.5) is 0 Å². The molecule has 3 rings (SSSR count). The Kier molecular flexibility index (Phi) is 4.73. The summed E-state index contributed by atoms with van der Waals surface area (Å²) in [6.07, 6.45) is 4.03. The SMILES string of the molecule is COC(=O)CC(NC(=O)Cc1cn2ccsc2n1)c1cccs1. The summed E-state index contributed by atoms with van der Waals surface area (Å²) in [6.45, 7) is 0. The van der Waals surface area contributed by atoms with E-state index in [9.17, 15) is 9.59 Å². The molecule has 0 spiro atoms. The van der Waals surface area contributed by atoms with E-state index >= 15 is 0 Å². The number of amides is 1. The molecule has 1 N–H and O–H groups in total. The molecular formula is C15H15N3O3S2. The smallest absolute Gasteiger partial charge is 0.307 e. The van der Waals surface area contributed by atoms with Crippen molar-refractivity contribution in [3.8, 4) is 0 Å². The van der Waals surface area contributed by atoms with E-state index in [2.05, 4.69) is 10.3 Å². The van der Waals surface area contributed by atoms with Crippen LogP contribution in [0, 0.1) is 0 Å². The number of ether oxygens (including phenoxy) is 1. The third-order valence-electron chi connectivity index (χ3n) is 3.31. The van der Waals surface area contributed by atoms with Gasteiger partial charge in [0.25, 0.3) is 0 Å². The van der Waals surface area contributed by atoms with Gasteiger partial charge in [-0.2, -0.15) is 0 Å². The van der Waals surface area contributed by atoms with Crippen LogP contribution in [0.3, 0.4) is 0 Å². The van der Waals surface area contributed by atoms with Crippen molar-refractivity contribution in [3.05, 3.63) is 45.9 Å². The van der Waals surface area contributed by atoms with Gasteiger partial charge in [0.1, 0.15) is 0 Å². The lowest BCUT2D eigenvalue weighted by atomic mass is 10.1. The molecule has 0 aromatic carbocycles. The van der Waals surface area contributed by atoms with E-state index < -0.39 is 0 Å². The molecule has 0 saturated carbocycles. The van der Waals surface area contributed by atoms with E-state index in [0.717, 1.165) is 9.84 Å². The van der Waals surface area contributed by atoms with Crippen LogP contribution >= 0.6 is 22.7 Å². The summed E-state index contributed by atoms with van der Waals surface area (Å²) >= 11 is 3.02. The minimum atomic E-state index is -0.376. The summed E-state index contributed by atoms with van der Waals surface area (Å²) in [5.74, 6) is -0.524. The maximum absolute atomic E-state index is 12.3. The second-order valence-electron chi connectivity index (χ2n) is 4.92. The predicted molar refractivity (Wildman–Crippen MR) is 88.6 cm³/mol. The minimum Gasteiger partial charge on any atom is -0.469 e. The Bertz CT molecular complexity index is 779. The Labute approximate surface area is 140 Å². The Balaban J connectivity index is 1.67. The van der Waals surface area contributed by atoms with Crippen molar-refractivity contribution in [2.24, 2.45) is 0 Å². The van der Waals surface area contributed by atoms with Gasteiger partial charge in [-0.3, -0.25) is 14.0 Å². The van der Waals surface area contributed by atoms with Gasteiger partial charge in [-0.15, -0.1) is 22.7 Å². The van der Waals surface area contributed by atoms with Crippen molar-refractivity contribution in [2.75, 3.05) is 7.11 Å². The lowest BCUT2D eigenvalue weighted by molar-refractivity contribution is -0.141. The number of thiophene rings is 1. The summed E-state index contributed by atoms with van der Waals surface area (Å²) in [7, 11) is 1.34. The molecule has 1 atom stereocenters. The highest BCUT2D eigenvalue weighted by atomic mass is 32.1. The largest absolute Gasteiger partial charge is 0.469 e. The number of carbonyl (C=O) groups is 2. The second-order valence-corrected chi connectivity index (χ2v) is 6.77. The third kappa shape index (κ3) is 3.77. The highest BCUT2D eigenvalue weighted by molar-refractivity contribution is 7.15. The molecule has 3 aromatic heterocycles. The number of nitrogens with one attached hydrogen (secondary N) is 1. The predicted octanol–water partition coefficient (Wildman–Crippen LogP) is 2.42. The maximum atomic E-state index is 12.3. The first-order valence-electron chi connectivity index (χ1n) is 6.96. The number of methoxy groups -OCH3 is 1. The number of imidazole rings is 1. The van der Waals surface area contributed by atoms with Crippen LogP contribution in [0.1, 0.15) is 23.0 Å². The molecule has 0 bridgehead atoms. The fraction of sp³-hybridized carbons (Fsp3) is 0.267. The fourth-order valence-corrected chi connectivity index (χ4v) is 3.73. The van der Waals surface area contributed by atoms with Crippen LogP contribution in [0.5, 0.6) is 0 Å². The average molecular weight is 349 g/mol. The zero-order valence-electron chi connectivity index (χ0n) is 12.4. The van der Waals surface area contributed by atoms with Crippen molar-refractivity contribution in [1.29, 1.82) is 0 Å². The Morgan fingerprint density at radius 2 is 2.26 bits per heavy atom. The van der Waals surface area contributed by atoms with Crippen LogP contribution in [-0.4, -0.2) is 28.4 Å². The van der Waals surface area contributed by atoms with E-state index in [1.165, 1.54) is 29.8 Å². The summed E-state index contributed by atoms with van der Waals surface area (Å²) in [6, 6.07) is 3.41. The van der Waals surface area contributed by atoms with Gasteiger partial charge in [-0.25, -0.2) is 4.98 Å². The molecule has 3 aromatic rings. The van der Waals surface area contributed by atoms with Crippen LogP contribution in [-0.2, 0) is 20.7 Å². The molecule has 0 fully saturated rings. The van der Waals surface area contributed by atoms with E-state index in [4.69, 9.17) is 4.74 Å². The lowest BCUT2D eigenvalue weighted by Crippen LogP contribution is -2.31. The number of aromatic nitrogens is 2. The molecule has 8 heteroatoms. The van der Waals surface area contributed by atoms with Crippen molar-refractivity contribution in [1.82, 2.24) is 14.7 Å². The summed E-state index contributed by atoms with van der Waals surface area (Å²) < 4.78 is 6.60. The van der Waals surface area contributed by atoms with Gasteiger partial charge >= 0.3 is 5.97 Å². The molecule has 1 amide bonds. The fourth-order valence-electron chi connectivity index (χ4n) is 2.23. The first kappa shape index (κ1) is 15.7. The summed E-state index contributed by atoms with van der Waals surface area (Å²) in [5.41, 5.74) is 0.706. The number of carbonyl (C=O) groups excluding carboxylic acids is 2. The Morgan fingerprint density at radius 1 is 1.39 bits per heavy atom. The van der Waals surface area contributed by atoms with Crippen LogP contribution in [0.25, 0.3) is 4.96 Å².